The Kier molecular flexibility index (Phi) is 5.32. The second kappa shape index (κ2) is 7.21. The zero-order chi connectivity index (χ0) is 15.2. The zero-order valence-electron chi connectivity index (χ0n) is 12.7. The highest BCUT2D eigenvalue weighted by molar-refractivity contribution is 5.94. The van der Waals surface area contributed by atoms with Gasteiger partial charge in [0, 0.05) is 37.6 Å². The fourth-order valence-electron chi connectivity index (χ4n) is 2.61. The summed E-state index contributed by atoms with van der Waals surface area (Å²) in [4.78, 5) is 20.6. The van der Waals surface area contributed by atoms with Gasteiger partial charge in [0.1, 0.15) is 0 Å². The van der Waals surface area contributed by atoms with Crippen molar-refractivity contribution in [1.29, 1.82) is 0 Å². The van der Waals surface area contributed by atoms with Crippen LogP contribution in [0.25, 0.3) is 0 Å². The normalized spacial score (nSPS) is 18.1. The Morgan fingerprint density at radius 2 is 2.38 bits per heavy atom. The summed E-state index contributed by atoms with van der Waals surface area (Å²) in [5.74, 6) is 5.66. The van der Waals surface area contributed by atoms with Crippen LogP contribution >= 0.6 is 0 Å². The lowest BCUT2D eigenvalue weighted by Crippen LogP contribution is -2.39. The van der Waals surface area contributed by atoms with E-state index in [1.807, 2.05) is 7.05 Å². The molecule has 0 saturated carbocycles. The maximum absolute atomic E-state index is 12.5. The van der Waals surface area contributed by atoms with E-state index in [4.69, 9.17) is 5.73 Å². The Labute approximate surface area is 126 Å². The van der Waals surface area contributed by atoms with E-state index in [1.165, 1.54) is 6.42 Å². The topological polar surface area (TPSA) is 62.5 Å². The maximum Gasteiger partial charge on any atom is 0.255 e. The smallest absolute Gasteiger partial charge is 0.255 e. The number of likely N-dealkylation sites (N-methyl/N-ethyl adjacent to an activating group) is 2. The van der Waals surface area contributed by atoms with Crippen molar-refractivity contribution in [3.63, 3.8) is 0 Å². The molecule has 0 radical (unpaired) electrons. The number of carbonyl (C=O) groups is 1. The van der Waals surface area contributed by atoms with Crippen LogP contribution in [0.15, 0.2) is 18.5 Å². The van der Waals surface area contributed by atoms with Gasteiger partial charge in [-0.05, 0) is 32.5 Å². The fraction of sp³-hybridized carbons (Fsp3) is 0.500. The van der Waals surface area contributed by atoms with Crippen LogP contribution in [0, 0.1) is 11.8 Å². The third-order valence-electron chi connectivity index (χ3n) is 3.82. The molecule has 0 aromatic carbocycles. The lowest BCUT2D eigenvalue weighted by molar-refractivity contribution is 0.0761. The second-order valence-corrected chi connectivity index (χ2v) is 5.43. The third kappa shape index (κ3) is 4.03. The monoisotopic (exact) mass is 286 g/mol. The van der Waals surface area contributed by atoms with Crippen LogP contribution in [-0.4, -0.2) is 60.5 Å². The van der Waals surface area contributed by atoms with E-state index in [-0.39, 0.29) is 5.91 Å². The van der Waals surface area contributed by atoms with Crippen LogP contribution < -0.4 is 5.73 Å². The maximum atomic E-state index is 12.5. The molecule has 5 nitrogen and oxygen atoms in total. The molecular weight excluding hydrogens is 264 g/mol. The number of pyridine rings is 1. The molecule has 1 amide bonds. The molecule has 0 bridgehead atoms. The molecule has 1 fully saturated rings. The first-order valence-corrected chi connectivity index (χ1v) is 7.21. The summed E-state index contributed by atoms with van der Waals surface area (Å²) in [6.07, 6.45) is 5.58. The van der Waals surface area contributed by atoms with Gasteiger partial charge in [-0.25, -0.2) is 0 Å². The van der Waals surface area contributed by atoms with Crippen molar-refractivity contribution in [2.75, 3.05) is 33.7 Å². The minimum atomic E-state index is -0.0146. The van der Waals surface area contributed by atoms with E-state index in [0.29, 0.717) is 18.2 Å². The van der Waals surface area contributed by atoms with E-state index in [9.17, 15) is 4.79 Å². The van der Waals surface area contributed by atoms with Crippen LogP contribution in [0.4, 0.5) is 0 Å². The van der Waals surface area contributed by atoms with Gasteiger partial charge in [-0.1, -0.05) is 11.8 Å². The molecule has 1 aromatic heterocycles. The first kappa shape index (κ1) is 15.5. The first-order valence-electron chi connectivity index (χ1n) is 7.21. The predicted molar refractivity (Wildman–Crippen MR) is 82.8 cm³/mol. The molecule has 1 aliphatic heterocycles. The molecule has 2 rings (SSSR count). The Bertz CT molecular complexity index is 561. The molecule has 2 N–H and O–H groups in total. The van der Waals surface area contributed by atoms with Gasteiger partial charge >= 0.3 is 0 Å². The van der Waals surface area contributed by atoms with Crippen molar-refractivity contribution in [2.45, 2.75) is 18.9 Å². The predicted octanol–water partition coefficient (Wildman–Crippen LogP) is 0.558. The number of nitrogens with zero attached hydrogens (tertiary/aromatic N) is 3. The van der Waals surface area contributed by atoms with Gasteiger partial charge in [0.25, 0.3) is 5.91 Å². The van der Waals surface area contributed by atoms with Crippen molar-refractivity contribution >= 4 is 5.91 Å². The van der Waals surface area contributed by atoms with Crippen LogP contribution in [0.2, 0.25) is 0 Å². The molecule has 0 aliphatic carbocycles. The quantitative estimate of drug-likeness (QED) is 0.825. The van der Waals surface area contributed by atoms with E-state index >= 15 is 0 Å². The fourth-order valence-corrected chi connectivity index (χ4v) is 2.61. The van der Waals surface area contributed by atoms with Crippen LogP contribution in [0.5, 0.6) is 0 Å². The van der Waals surface area contributed by atoms with E-state index in [1.54, 1.807) is 23.4 Å². The van der Waals surface area contributed by atoms with Crippen molar-refractivity contribution < 1.29 is 4.79 Å². The molecular formula is C16H22N4O. The molecule has 1 saturated heterocycles. The van der Waals surface area contributed by atoms with Gasteiger partial charge in [-0.15, -0.1) is 0 Å². The average Bonchev–Trinajstić information content (AvgIpc) is 2.90. The second-order valence-electron chi connectivity index (χ2n) is 5.43. The summed E-state index contributed by atoms with van der Waals surface area (Å²) >= 11 is 0. The molecule has 0 spiro atoms. The number of nitrogens with two attached hydrogens (primary N) is 1. The van der Waals surface area contributed by atoms with Gasteiger partial charge in [0.2, 0.25) is 0 Å². The Balaban J connectivity index is 2.04. The largest absolute Gasteiger partial charge is 0.340 e. The number of carbonyl (C=O) groups excluding carboxylic acids is 1. The summed E-state index contributed by atoms with van der Waals surface area (Å²) in [5.41, 5.74) is 6.64. The highest BCUT2D eigenvalue weighted by Crippen LogP contribution is 2.16. The lowest BCUT2D eigenvalue weighted by Gasteiger charge is -2.25. The Hall–Kier alpha value is -1.90. The molecule has 1 aliphatic rings. The summed E-state index contributed by atoms with van der Waals surface area (Å²) in [5, 5.41) is 0. The molecule has 1 unspecified atom stereocenters. The number of likely N-dealkylation sites (tertiary alicyclic amines) is 1. The van der Waals surface area contributed by atoms with Gasteiger partial charge in [-0.3, -0.25) is 9.78 Å². The molecule has 2 heterocycles. The molecule has 21 heavy (non-hydrogen) atoms. The van der Waals surface area contributed by atoms with E-state index < -0.39 is 0 Å². The van der Waals surface area contributed by atoms with E-state index in [2.05, 4.69) is 28.8 Å². The van der Waals surface area contributed by atoms with Crippen molar-refractivity contribution in [1.82, 2.24) is 14.8 Å². The van der Waals surface area contributed by atoms with Crippen molar-refractivity contribution in [3.8, 4) is 11.8 Å². The van der Waals surface area contributed by atoms with Crippen LogP contribution in [0.1, 0.15) is 28.8 Å². The highest BCUT2D eigenvalue weighted by Gasteiger charge is 2.24. The number of hydrogen-bond donors (Lipinski definition) is 1. The standard InChI is InChI=1S/C16H22N4O/c1-19-8-4-6-15(19)12-20(2)16(21)14-9-13(5-3-7-17)10-18-11-14/h9-11,15H,4,6-8,12,17H2,1-2H3. The highest BCUT2D eigenvalue weighted by atomic mass is 16.2. The Morgan fingerprint density at radius 1 is 1.57 bits per heavy atom. The minimum Gasteiger partial charge on any atom is -0.340 e. The van der Waals surface area contributed by atoms with Crippen molar-refractivity contribution in [3.05, 3.63) is 29.6 Å². The minimum absolute atomic E-state index is 0.0146. The number of aromatic nitrogens is 1. The summed E-state index contributed by atoms with van der Waals surface area (Å²) in [7, 11) is 3.95. The number of hydrogen-bond acceptors (Lipinski definition) is 4. The van der Waals surface area contributed by atoms with Crippen molar-refractivity contribution in [2.24, 2.45) is 5.73 Å². The summed E-state index contributed by atoms with van der Waals surface area (Å²) < 4.78 is 0. The van der Waals surface area contributed by atoms with Gasteiger partial charge in [0.05, 0.1) is 12.1 Å². The Morgan fingerprint density at radius 3 is 3.05 bits per heavy atom. The number of rotatable bonds is 3. The van der Waals surface area contributed by atoms with Gasteiger partial charge in [-0.2, -0.15) is 0 Å². The van der Waals surface area contributed by atoms with E-state index in [0.717, 1.165) is 25.1 Å². The third-order valence-corrected chi connectivity index (χ3v) is 3.82. The lowest BCUT2D eigenvalue weighted by atomic mass is 10.1. The molecule has 5 heteroatoms. The van der Waals surface area contributed by atoms with Gasteiger partial charge < -0.3 is 15.5 Å². The zero-order valence-corrected chi connectivity index (χ0v) is 12.7. The van der Waals surface area contributed by atoms with Gasteiger partial charge in [0.15, 0.2) is 0 Å². The SMILES string of the molecule is CN(CC1CCCN1C)C(=O)c1cncc(C#CCN)c1. The first-order chi connectivity index (χ1) is 10.1. The summed E-state index contributed by atoms with van der Waals surface area (Å²) in [6.45, 7) is 2.15. The van der Waals surface area contributed by atoms with Crippen LogP contribution in [0.3, 0.4) is 0 Å². The molecule has 1 atom stereocenters. The average molecular weight is 286 g/mol. The molecule has 1 aromatic rings. The molecule has 112 valence electrons. The number of amides is 1. The van der Waals surface area contributed by atoms with Crippen LogP contribution in [-0.2, 0) is 0 Å². The summed E-state index contributed by atoms with van der Waals surface area (Å²) in [6, 6.07) is 2.22.